The Bertz CT molecular complexity index is 878. The van der Waals surface area contributed by atoms with E-state index in [2.05, 4.69) is 41.5 Å². The lowest BCUT2D eigenvalue weighted by molar-refractivity contribution is 0.0324. The Balaban J connectivity index is 2.24. The number of hydrogen-bond donors (Lipinski definition) is 3. The molecule has 3 heterocycles. The van der Waals surface area contributed by atoms with E-state index in [0.717, 1.165) is 0 Å². The molecule has 0 radical (unpaired) electrons. The molecule has 3 aromatic rings. The number of aromatic amines is 1. The van der Waals surface area contributed by atoms with Gasteiger partial charge in [-0.15, -0.1) is 10.2 Å². The van der Waals surface area contributed by atoms with E-state index in [1.165, 1.54) is 7.11 Å². The smallest absolute Gasteiger partial charge is 0.361 e. The third kappa shape index (κ3) is 2.70. The molecule has 3 N–H and O–H groups in total. The minimum Gasteiger partial charge on any atom is -0.361 e. The highest BCUT2D eigenvalue weighted by Gasteiger charge is 2.51. The fourth-order valence-corrected chi connectivity index (χ4v) is 4.21. The predicted octanol–water partition coefficient (Wildman–Crippen LogP) is 0.829. The van der Waals surface area contributed by atoms with Gasteiger partial charge < -0.3 is 18.9 Å². The van der Waals surface area contributed by atoms with Gasteiger partial charge in [0.15, 0.2) is 5.82 Å². The molecular formula is C11H12BrN6O4P. The van der Waals surface area contributed by atoms with E-state index < -0.39 is 12.9 Å². The maximum absolute atomic E-state index is 12.3. The van der Waals surface area contributed by atoms with Gasteiger partial charge in [0.2, 0.25) is 5.34 Å². The van der Waals surface area contributed by atoms with Gasteiger partial charge in [-0.3, -0.25) is 4.57 Å². The average Bonchev–Trinajstić information content (AvgIpc) is 3.13. The quantitative estimate of drug-likeness (QED) is 0.533. The van der Waals surface area contributed by atoms with E-state index in [0.29, 0.717) is 10.1 Å². The highest BCUT2D eigenvalue weighted by atomic mass is 79.9. The number of fused-ring (bicyclic) bond motifs is 1. The lowest BCUT2D eigenvalue weighted by Crippen LogP contribution is -2.32. The molecule has 0 aliphatic rings. The van der Waals surface area contributed by atoms with Crippen molar-refractivity contribution >= 4 is 29.2 Å². The molecular weight excluding hydrogens is 391 g/mol. The number of nitrogens with zero attached hydrogens (tertiary/aromatic N) is 5. The van der Waals surface area contributed by atoms with Gasteiger partial charge >= 0.3 is 7.60 Å². The number of aromatic nitrogens is 6. The molecule has 23 heavy (non-hydrogen) atoms. The van der Waals surface area contributed by atoms with Gasteiger partial charge in [0, 0.05) is 35.7 Å². The summed E-state index contributed by atoms with van der Waals surface area (Å²) >= 11 is 3.33. The Labute approximate surface area is 138 Å². The highest BCUT2D eigenvalue weighted by molar-refractivity contribution is 9.10. The molecule has 0 aliphatic heterocycles. The number of rotatable bonds is 5. The summed E-state index contributed by atoms with van der Waals surface area (Å²) in [5.41, 5.74) is 0.875. The third-order valence-corrected chi connectivity index (χ3v) is 5.67. The summed E-state index contributed by atoms with van der Waals surface area (Å²) in [7, 11) is -3.54. The van der Waals surface area contributed by atoms with Crippen LogP contribution in [0.1, 0.15) is 11.4 Å². The van der Waals surface area contributed by atoms with Crippen molar-refractivity contribution in [2.45, 2.75) is 11.8 Å². The zero-order chi connectivity index (χ0) is 16.7. The summed E-state index contributed by atoms with van der Waals surface area (Å²) in [6, 6.07) is 1.65. The summed E-state index contributed by atoms with van der Waals surface area (Å²) in [4.78, 5) is 24.1. The summed E-state index contributed by atoms with van der Waals surface area (Å²) in [5.74, 6) is 0.118. The van der Waals surface area contributed by atoms with Crippen LogP contribution in [0.3, 0.4) is 0 Å². The first kappa shape index (κ1) is 16.2. The summed E-state index contributed by atoms with van der Waals surface area (Å²) in [6.45, 7) is 0. The molecule has 1 unspecified atom stereocenters. The van der Waals surface area contributed by atoms with Crippen molar-refractivity contribution in [3.63, 3.8) is 0 Å². The Morgan fingerprint density at radius 1 is 1.52 bits per heavy atom. The molecule has 10 nitrogen and oxygen atoms in total. The average molecular weight is 403 g/mol. The summed E-state index contributed by atoms with van der Waals surface area (Å²) in [5, 5.41) is 11.2. The van der Waals surface area contributed by atoms with Gasteiger partial charge in [-0.1, -0.05) is 21.1 Å². The monoisotopic (exact) mass is 402 g/mol. The van der Waals surface area contributed by atoms with E-state index in [9.17, 15) is 14.4 Å². The summed E-state index contributed by atoms with van der Waals surface area (Å²) in [6.07, 6.45) is 4.54. The third-order valence-electron chi connectivity index (χ3n) is 3.50. The SMILES string of the molecule is COC(Cc1nn[nH]n1)(c1cn2ccnc2cc1Br)P(=O)(O)O. The van der Waals surface area contributed by atoms with Crippen LogP contribution in [0, 0.1) is 0 Å². The zero-order valence-electron chi connectivity index (χ0n) is 11.8. The molecule has 122 valence electrons. The molecule has 0 saturated carbocycles. The fraction of sp³-hybridized carbons (Fsp3) is 0.273. The topological polar surface area (TPSA) is 139 Å². The van der Waals surface area contributed by atoms with Crippen LogP contribution in [0.5, 0.6) is 0 Å². The second-order valence-corrected chi connectivity index (χ2v) is 7.43. The summed E-state index contributed by atoms with van der Waals surface area (Å²) < 4.78 is 19.7. The minimum atomic E-state index is -4.76. The van der Waals surface area contributed by atoms with Crippen LogP contribution < -0.4 is 0 Å². The number of ether oxygens (including phenoxy) is 1. The number of halogens is 1. The van der Waals surface area contributed by atoms with Gasteiger partial charge in [-0.05, 0) is 6.07 Å². The van der Waals surface area contributed by atoms with E-state index in [1.807, 2.05) is 0 Å². The lowest BCUT2D eigenvalue weighted by atomic mass is 10.1. The van der Waals surface area contributed by atoms with Crippen LogP contribution in [0.4, 0.5) is 0 Å². The Kier molecular flexibility index (Phi) is 4.07. The van der Waals surface area contributed by atoms with E-state index in [4.69, 9.17) is 4.74 Å². The first-order valence-electron chi connectivity index (χ1n) is 6.33. The normalized spacial score (nSPS) is 15.0. The van der Waals surface area contributed by atoms with Crippen LogP contribution >= 0.6 is 23.5 Å². The molecule has 0 amide bonds. The number of imidazole rings is 1. The minimum absolute atomic E-state index is 0.118. The lowest BCUT2D eigenvalue weighted by Gasteiger charge is -2.33. The largest absolute Gasteiger partial charge is 0.362 e. The Hall–Kier alpha value is -1.65. The maximum Gasteiger partial charge on any atom is 0.362 e. The Morgan fingerprint density at radius 3 is 2.91 bits per heavy atom. The number of pyridine rings is 1. The van der Waals surface area contributed by atoms with Crippen molar-refractivity contribution in [3.8, 4) is 0 Å². The van der Waals surface area contributed by atoms with Gasteiger partial charge in [0.25, 0.3) is 0 Å². The standard InChI is InChI=1S/C11H12BrN6O4P/c1-22-11(23(19,20)21,5-9-14-16-17-15-9)7-6-18-3-2-13-10(18)4-8(7)12/h2-4,6H,5H2,1H3,(H2,19,20,21)(H,14,15,16,17). The number of nitrogens with one attached hydrogen (secondary N) is 1. The molecule has 0 aliphatic carbocycles. The van der Waals surface area contributed by atoms with Gasteiger partial charge in [0.1, 0.15) is 5.65 Å². The van der Waals surface area contributed by atoms with Crippen LogP contribution in [0.2, 0.25) is 0 Å². The molecule has 3 aromatic heterocycles. The second-order valence-electron chi connectivity index (χ2n) is 4.77. The predicted molar refractivity (Wildman–Crippen MR) is 81.5 cm³/mol. The molecule has 1 atom stereocenters. The number of tetrazole rings is 1. The Morgan fingerprint density at radius 2 is 2.30 bits per heavy atom. The van der Waals surface area contributed by atoms with Crippen molar-refractivity contribution in [1.29, 1.82) is 0 Å². The van der Waals surface area contributed by atoms with Crippen molar-refractivity contribution in [3.05, 3.63) is 40.5 Å². The van der Waals surface area contributed by atoms with Gasteiger partial charge in [-0.2, -0.15) is 5.21 Å². The van der Waals surface area contributed by atoms with Crippen molar-refractivity contribution < 1.29 is 19.1 Å². The molecule has 0 fully saturated rings. The number of H-pyrrole nitrogens is 1. The van der Waals surface area contributed by atoms with Crippen LogP contribution in [0.25, 0.3) is 5.65 Å². The zero-order valence-corrected chi connectivity index (χ0v) is 14.3. The van der Waals surface area contributed by atoms with Gasteiger partial charge in [0.05, 0.1) is 6.42 Å². The van der Waals surface area contributed by atoms with Crippen molar-refractivity contribution in [2.75, 3.05) is 7.11 Å². The fourth-order valence-electron chi connectivity index (χ4n) is 2.35. The molecule has 0 bridgehead atoms. The molecule has 3 rings (SSSR count). The van der Waals surface area contributed by atoms with Crippen LogP contribution in [-0.2, 0) is 21.1 Å². The van der Waals surface area contributed by atoms with Gasteiger partial charge in [-0.25, -0.2) is 4.98 Å². The molecule has 0 spiro atoms. The molecule has 0 aromatic carbocycles. The van der Waals surface area contributed by atoms with Crippen LogP contribution in [0.15, 0.2) is 29.1 Å². The first-order chi connectivity index (χ1) is 10.9. The molecule has 0 saturated heterocycles. The number of methoxy groups -OCH3 is 1. The highest BCUT2D eigenvalue weighted by Crippen LogP contribution is 2.60. The first-order valence-corrected chi connectivity index (χ1v) is 8.74. The van der Waals surface area contributed by atoms with Crippen molar-refractivity contribution in [2.24, 2.45) is 0 Å². The molecule has 12 heteroatoms. The van der Waals surface area contributed by atoms with E-state index in [-0.39, 0.29) is 17.8 Å². The van der Waals surface area contributed by atoms with E-state index >= 15 is 0 Å². The van der Waals surface area contributed by atoms with E-state index in [1.54, 1.807) is 29.1 Å². The maximum atomic E-state index is 12.3. The van der Waals surface area contributed by atoms with Crippen LogP contribution in [-0.4, -0.2) is 46.9 Å². The second kappa shape index (κ2) is 5.77. The number of hydrogen-bond acceptors (Lipinski definition) is 6. The van der Waals surface area contributed by atoms with Crippen molar-refractivity contribution in [1.82, 2.24) is 30.0 Å².